The first kappa shape index (κ1) is 13.8. The molecule has 1 fully saturated rings. The monoisotopic (exact) mass is 283 g/mol. The third-order valence-electron chi connectivity index (χ3n) is 3.96. The minimum Gasteiger partial charge on any atom is -0.325 e. The largest absolute Gasteiger partial charge is 0.325 e. The van der Waals surface area contributed by atoms with E-state index in [1.54, 1.807) is 6.20 Å². The van der Waals surface area contributed by atoms with Crippen LogP contribution in [0.4, 0.5) is 5.69 Å². The van der Waals surface area contributed by atoms with Crippen LogP contribution in [0.3, 0.4) is 0 Å². The highest BCUT2D eigenvalue weighted by Gasteiger charge is 2.13. The fraction of sp³-hybridized carbons (Fsp3) is 0.375. The van der Waals surface area contributed by atoms with E-state index in [0.717, 1.165) is 29.3 Å². The topological polar surface area (TPSA) is 75.3 Å². The first-order valence-corrected chi connectivity index (χ1v) is 7.51. The van der Waals surface area contributed by atoms with Crippen LogP contribution < -0.4 is 16.6 Å². The summed E-state index contributed by atoms with van der Waals surface area (Å²) < 4.78 is 0. The number of nitrogens with zero attached hydrogens (tertiary/aromatic N) is 2. The number of fused-ring (bicyclic) bond motifs is 1. The van der Waals surface area contributed by atoms with Gasteiger partial charge in [-0.2, -0.15) is 0 Å². The Hall–Kier alpha value is -2.14. The van der Waals surface area contributed by atoms with Crippen molar-refractivity contribution >= 4 is 22.4 Å². The average molecular weight is 283 g/mol. The molecule has 0 aliphatic heterocycles. The van der Waals surface area contributed by atoms with Crippen LogP contribution in [-0.4, -0.2) is 17.0 Å². The number of anilines is 1. The van der Waals surface area contributed by atoms with Gasteiger partial charge in [-0.1, -0.05) is 31.4 Å². The third kappa shape index (κ3) is 3.31. The van der Waals surface area contributed by atoms with Gasteiger partial charge in [0.1, 0.15) is 0 Å². The maximum atomic E-state index is 5.62. The van der Waals surface area contributed by atoms with E-state index in [1.807, 2.05) is 24.4 Å². The van der Waals surface area contributed by atoms with Crippen molar-refractivity contribution in [2.45, 2.75) is 38.1 Å². The Morgan fingerprint density at radius 3 is 2.86 bits per heavy atom. The SMILES string of the molecule is NNC(=NC1CCCCC1)Nc1cccc2ccncc12. The second-order valence-electron chi connectivity index (χ2n) is 5.44. The molecule has 0 amide bonds. The van der Waals surface area contributed by atoms with E-state index < -0.39 is 0 Å². The average Bonchev–Trinajstić information content (AvgIpc) is 2.55. The van der Waals surface area contributed by atoms with Crippen molar-refractivity contribution < 1.29 is 0 Å². The number of nitrogens with one attached hydrogen (secondary N) is 2. The summed E-state index contributed by atoms with van der Waals surface area (Å²) in [5, 5.41) is 5.50. The van der Waals surface area contributed by atoms with Gasteiger partial charge in [-0.05, 0) is 30.4 Å². The predicted octanol–water partition coefficient (Wildman–Crippen LogP) is 2.80. The molecule has 5 heteroatoms. The minimum atomic E-state index is 0.366. The molecule has 1 aliphatic rings. The lowest BCUT2D eigenvalue weighted by molar-refractivity contribution is 0.442. The summed E-state index contributed by atoms with van der Waals surface area (Å²) in [5.41, 5.74) is 3.65. The van der Waals surface area contributed by atoms with Gasteiger partial charge in [0.25, 0.3) is 0 Å². The van der Waals surface area contributed by atoms with Crippen LogP contribution in [0.25, 0.3) is 10.8 Å². The molecule has 1 aromatic heterocycles. The first-order chi connectivity index (χ1) is 10.4. The van der Waals surface area contributed by atoms with E-state index in [1.165, 1.54) is 19.3 Å². The number of benzene rings is 1. The van der Waals surface area contributed by atoms with Gasteiger partial charge in [0, 0.05) is 17.8 Å². The quantitative estimate of drug-likeness (QED) is 0.343. The van der Waals surface area contributed by atoms with Crippen LogP contribution in [0.5, 0.6) is 0 Å². The molecule has 0 atom stereocenters. The fourth-order valence-electron chi connectivity index (χ4n) is 2.85. The van der Waals surface area contributed by atoms with Gasteiger partial charge in [-0.25, -0.2) is 10.8 Å². The van der Waals surface area contributed by atoms with E-state index in [4.69, 9.17) is 10.8 Å². The smallest absolute Gasteiger partial charge is 0.210 e. The number of pyridine rings is 1. The van der Waals surface area contributed by atoms with Gasteiger partial charge in [0.15, 0.2) is 0 Å². The van der Waals surface area contributed by atoms with Gasteiger partial charge >= 0.3 is 0 Å². The van der Waals surface area contributed by atoms with E-state index in [9.17, 15) is 0 Å². The van der Waals surface area contributed by atoms with Crippen LogP contribution in [0, 0.1) is 0 Å². The number of nitrogens with two attached hydrogens (primary N) is 1. The summed E-state index contributed by atoms with van der Waals surface area (Å²) in [5.74, 6) is 6.25. The normalized spacial score (nSPS) is 16.9. The van der Waals surface area contributed by atoms with Gasteiger partial charge in [-0.3, -0.25) is 10.4 Å². The summed E-state index contributed by atoms with van der Waals surface area (Å²) in [6, 6.07) is 8.45. The number of guanidine groups is 1. The van der Waals surface area contributed by atoms with Crippen molar-refractivity contribution in [1.82, 2.24) is 10.4 Å². The van der Waals surface area contributed by atoms with E-state index >= 15 is 0 Å². The predicted molar refractivity (Wildman–Crippen MR) is 87.0 cm³/mol. The molecular weight excluding hydrogens is 262 g/mol. The Labute approximate surface area is 124 Å². The standard InChI is InChI=1S/C16H21N5/c17-21-16(19-13-6-2-1-3-7-13)20-15-8-4-5-12-9-10-18-11-14(12)15/h4-5,8-11,13H,1-3,6-7,17H2,(H2,19,20,21). The van der Waals surface area contributed by atoms with Crippen molar-refractivity contribution in [1.29, 1.82) is 0 Å². The number of aromatic nitrogens is 1. The second kappa shape index (κ2) is 6.54. The van der Waals surface area contributed by atoms with Crippen molar-refractivity contribution in [2.24, 2.45) is 10.8 Å². The number of rotatable bonds is 2. The van der Waals surface area contributed by atoms with Gasteiger partial charge in [0.05, 0.1) is 11.7 Å². The fourth-order valence-corrected chi connectivity index (χ4v) is 2.85. The maximum Gasteiger partial charge on any atom is 0.210 e. The highest BCUT2D eigenvalue weighted by atomic mass is 15.3. The zero-order chi connectivity index (χ0) is 14.5. The van der Waals surface area contributed by atoms with E-state index in [0.29, 0.717) is 12.0 Å². The van der Waals surface area contributed by atoms with Crippen molar-refractivity contribution in [3.05, 3.63) is 36.7 Å². The molecule has 0 radical (unpaired) electrons. The Balaban J connectivity index is 1.83. The van der Waals surface area contributed by atoms with Crippen LogP contribution in [0.15, 0.2) is 41.7 Å². The van der Waals surface area contributed by atoms with Crippen molar-refractivity contribution in [3.8, 4) is 0 Å². The van der Waals surface area contributed by atoms with Gasteiger partial charge in [0.2, 0.25) is 5.96 Å². The summed E-state index contributed by atoms with van der Waals surface area (Å²) in [6.45, 7) is 0. The number of hydrazine groups is 1. The molecular formula is C16H21N5. The Morgan fingerprint density at radius 2 is 2.05 bits per heavy atom. The number of hydrogen-bond donors (Lipinski definition) is 3. The lowest BCUT2D eigenvalue weighted by Crippen LogP contribution is -2.37. The molecule has 5 nitrogen and oxygen atoms in total. The molecule has 1 aromatic carbocycles. The molecule has 1 saturated carbocycles. The Morgan fingerprint density at radius 1 is 1.19 bits per heavy atom. The molecule has 0 unspecified atom stereocenters. The summed E-state index contributed by atoms with van der Waals surface area (Å²) >= 11 is 0. The lowest BCUT2D eigenvalue weighted by Gasteiger charge is -2.20. The van der Waals surface area contributed by atoms with Crippen LogP contribution in [0.2, 0.25) is 0 Å². The molecule has 3 rings (SSSR count). The van der Waals surface area contributed by atoms with Crippen LogP contribution in [-0.2, 0) is 0 Å². The molecule has 110 valence electrons. The number of aliphatic imine (C=N–C) groups is 1. The van der Waals surface area contributed by atoms with E-state index in [-0.39, 0.29) is 0 Å². The summed E-state index contributed by atoms with van der Waals surface area (Å²) in [7, 11) is 0. The first-order valence-electron chi connectivity index (χ1n) is 7.51. The van der Waals surface area contributed by atoms with Crippen LogP contribution >= 0.6 is 0 Å². The van der Waals surface area contributed by atoms with Crippen LogP contribution in [0.1, 0.15) is 32.1 Å². The molecule has 0 saturated heterocycles. The molecule has 0 bridgehead atoms. The maximum absolute atomic E-state index is 5.62. The van der Waals surface area contributed by atoms with Gasteiger partial charge < -0.3 is 5.32 Å². The summed E-state index contributed by atoms with van der Waals surface area (Å²) in [4.78, 5) is 8.90. The van der Waals surface area contributed by atoms with Crippen molar-refractivity contribution in [3.63, 3.8) is 0 Å². The molecule has 2 aromatic rings. The van der Waals surface area contributed by atoms with Gasteiger partial charge in [-0.15, -0.1) is 0 Å². The highest BCUT2D eigenvalue weighted by molar-refractivity contribution is 6.02. The highest BCUT2D eigenvalue weighted by Crippen LogP contribution is 2.23. The Kier molecular flexibility index (Phi) is 4.31. The Bertz CT molecular complexity index is 626. The molecule has 1 heterocycles. The third-order valence-corrected chi connectivity index (χ3v) is 3.96. The molecule has 0 spiro atoms. The molecule has 1 aliphatic carbocycles. The number of hydrogen-bond acceptors (Lipinski definition) is 3. The zero-order valence-electron chi connectivity index (χ0n) is 12.0. The summed E-state index contributed by atoms with van der Waals surface area (Å²) in [6.07, 6.45) is 9.76. The molecule has 21 heavy (non-hydrogen) atoms. The second-order valence-corrected chi connectivity index (χ2v) is 5.44. The molecule has 4 N–H and O–H groups in total. The lowest BCUT2D eigenvalue weighted by atomic mass is 9.96. The van der Waals surface area contributed by atoms with E-state index in [2.05, 4.69) is 21.8 Å². The zero-order valence-corrected chi connectivity index (χ0v) is 12.0. The minimum absolute atomic E-state index is 0.366. The van der Waals surface area contributed by atoms with Crippen molar-refractivity contribution in [2.75, 3.05) is 5.32 Å².